The van der Waals surface area contributed by atoms with Crippen LogP contribution in [0.2, 0.25) is 0 Å². The molecular formula is C18H26O. The van der Waals surface area contributed by atoms with Gasteiger partial charge in [-0.1, -0.05) is 43.7 Å². The van der Waals surface area contributed by atoms with Crippen LogP contribution in [-0.4, -0.2) is 5.11 Å². The SMILES string of the molecule is Cc1ccc(C2(O)CCC3(C)C(C)CCC3C2)cc1. The molecule has 1 N–H and O–H groups in total. The van der Waals surface area contributed by atoms with Gasteiger partial charge in [0.1, 0.15) is 0 Å². The molecule has 3 rings (SSSR count). The Balaban J connectivity index is 1.86. The molecule has 2 aliphatic carbocycles. The molecule has 0 aliphatic heterocycles. The summed E-state index contributed by atoms with van der Waals surface area (Å²) >= 11 is 0. The summed E-state index contributed by atoms with van der Waals surface area (Å²) in [4.78, 5) is 0. The Morgan fingerprint density at radius 1 is 1.11 bits per heavy atom. The normalized spacial score (nSPS) is 42.1. The molecule has 0 bridgehead atoms. The second-order valence-electron chi connectivity index (χ2n) is 7.28. The minimum Gasteiger partial charge on any atom is -0.385 e. The van der Waals surface area contributed by atoms with Crippen LogP contribution in [0.25, 0.3) is 0 Å². The lowest BCUT2D eigenvalue weighted by Crippen LogP contribution is -2.42. The number of aryl methyl sites for hydroxylation is 1. The lowest BCUT2D eigenvalue weighted by Gasteiger charge is -2.47. The molecule has 19 heavy (non-hydrogen) atoms. The van der Waals surface area contributed by atoms with Crippen molar-refractivity contribution in [2.24, 2.45) is 17.3 Å². The maximum Gasteiger partial charge on any atom is 0.0899 e. The molecule has 0 spiro atoms. The van der Waals surface area contributed by atoms with E-state index in [1.807, 2.05) is 0 Å². The highest BCUT2D eigenvalue weighted by Gasteiger charge is 2.51. The van der Waals surface area contributed by atoms with Crippen molar-refractivity contribution in [3.8, 4) is 0 Å². The van der Waals surface area contributed by atoms with Gasteiger partial charge in [-0.25, -0.2) is 0 Å². The first-order valence-electron chi connectivity index (χ1n) is 7.74. The number of benzene rings is 1. The van der Waals surface area contributed by atoms with Crippen LogP contribution in [0.1, 0.15) is 57.1 Å². The van der Waals surface area contributed by atoms with Crippen LogP contribution in [0.4, 0.5) is 0 Å². The van der Waals surface area contributed by atoms with Crippen LogP contribution in [0.5, 0.6) is 0 Å². The molecule has 2 saturated carbocycles. The minimum absolute atomic E-state index is 0.469. The van der Waals surface area contributed by atoms with E-state index in [0.717, 1.165) is 24.3 Å². The molecule has 1 heteroatoms. The second-order valence-corrected chi connectivity index (χ2v) is 7.28. The van der Waals surface area contributed by atoms with Crippen molar-refractivity contribution in [1.29, 1.82) is 0 Å². The quantitative estimate of drug-likeness (QED) is 0.790. The average Bonchev–Trinajstić information content (AvgIpc) is 2.67. The van der Waals surface area contributed by atoms with E-state index in [0.29, 0.717) is 11.3 Å². The van der Waals surface area contributed by atoms with Gasteiger partial charge in [0.25, 0.3) is 0 Å². The third-order valence-corrected chi connectivity index (χ3v) is 6.26. The van der Waals surface area contributed by atoms with Crippen molar-refractivity contribution >= 4 is 0 Å². The highest BCUT2D eigenvalue weighted by molar-refractivity contribution is 5.27. The number of hydrogen-bond donors (Lipinski definition) is 1. The first-order chi connectivity index (χ1) is 8.94. The largest absolute Gasteiger partial charge is 0.385 e. The Kier molecular flexibility index (Phi) is 3.01. The van der Waals surface area contributed by atoms with Gasteiger partial charge in [0.2, 0.25) is 0 Å². The maximum absolute atomic E-state index is 11.1. The predicted octanol–water partition coefficient (Wildman–Crippen LogP) is 4.42. The lowest BCUT2D eigenvalue weighted by atomic mass is 9.60. The summed E-state index contributed by atoms with van der Waals surface area (Å²) in [5.74, 6) is 1.52. The van der Waals surface area contributed by atoms with Gasteiger partial charge in [0.05, 0.1) is 5.60 Å². The molecule has 1 aromatic rings. The van der Waals surface area contributed by atoms with Crippen molar-refractivity contribution in [2.75, 3.05) is 0 Å². The zero-order chi connectivity index (χ0) is 13.7. The molecular weight excluding hydrogens is 232 g/mol. The molecule has 4 unspecified atom stereocenters. The fraction of sp³-hybridized carbons (Fsp3) is 0.667. The van der Waals surface area contributed by atoms with Gasteiger partial charge >= 0.3 is 0 Å². The Hall–Kier alpha value is -0.820. The lowest BCUT2D eigenvalue weighted by molar-refractivity contribution is -0.0678. The van der Waals surface area contributed by atoms with Crippen LogP contribution >= 0.6 is 0 Å². The monoisotopic (exact) mass is 258 g/mol. The number of aliphatic hydroxyl groups is 1. The van der Waals surface area contributed by atoms with Gasteiger partial charge in [-0.2, -0.15) is 0 Å². The van der Waals surface area contributed by atoms with Gasteiger partial charge in [0.15, 0.2) is 0 Å². The van der Waals surface area contributed by atoms with Crippen molar-refractivity contribution in [1.82, 2.24) is 0 Å². The van der Waals surface area contributed by atoms with Crippen molar-refractivity contribution in [3.63, 3.8) is 0 Å². The van der Waals surface area contributed by atoms with Crippen LogP contribution < -0.4 is 0 Å². The smallest absolute Gasteiger partial charge is 0.0899 e. The van der Waals surface area contributed by atoms with E-state index in [9.17, 15) is 5.11 Å². The van der Waals surface area contributed by atoms with Gasteiger partial charge in [0, 0.05) is 0 Å². The number of rotatable bonds is 1. The fourth-order valence-electron chi connectivity index (χ4n) is 4.41. The van der Waals surface area contributed by atoms with Crippen LogP contribution in [0.3, 0.4) is 0 Å². The fourth-order valence-corrected chi connectivity index (χ4v) is 4.41. The molecule has 0 amide bonds. The predicted molar refractivity (Wildman–Crippen MR) is 78.9 cm³/mol. The van der Waals surface area contributed by atoms with Crippen LogP contribution in [0, 0.1) is 24.2 Å². The Labute approximate surface area is 117 Å². The van der Waals surface area contributed by atoms with Crippen molar-refractivity contribution in [3.05, 3.63) is 35.4 Å². The van der Waals surface area contributed by atoms with Gasteiger partial charge < -0.3 is 5.11 Å². The minimum atomic E-state index is -0.581. The molecule has 2 aliphatic rings. The van der Waals surface area contributed by atoms with E-state index in [4.69, 9.17) is 0 Å². The Morgan fingerprint density at radius 3 is 2.47 bits per heavy atom. The van der Waals surface area contributed by atoms with Crippen LogP contribution in [-0.2, 0) is 5.60 Å². The molecule has 104 valence electrons. The molecule has 4 atom stereocenters. The Morgan fingerprint density at radius 2 is 1.79 bits per heavy atom. The van der Waals surface area contributed by atoms with E-state index in [-0.39, 0.29) is 0 Å². The van der Waals surface area contributed by atoms with Gasteiger partial charge in [-0.05, 0) is 61.8 Å². The zero-order valence-corrected chi connectivity index (χ0v) is 12.4. The summed E-state index contributed by atoms with van der Waals surface area (Å²) in [5, 5.41) is 11.1. The topological polar surface area (TPSA) is 20.2 Å². The first kappa shape index (κ1) is 13.2. The number of fused-ring (bicyclic) bond motifs is 1. The summed E-state index contributed by atoms with van der Waals surface area (Å²) in [7, 11) is 0. The summed E-state index contributed by atoms with van der Waals surface area (Å²) in [6, 6.07) is 8.49. The third-order valence-electron chi connectivity index (χ3n) is 6.26. The highest BCUT2D eigenvalue weighted by atomic mass is 16.3. The van der Waals surface area contributed by atoms with E-state index in [1.165, 1.54) is 24.8 Å². The van der Waals surface area contributed by atoms with E-state index >= 15 is 0 Å². The van der Waals surface area contributed by atoms with Gasteiger partial charge in [-0.15, -0.1) is 0 Å². The first-order valence-corrected chi connectivity index (χ1v) is 7.74. The Bertz CT molecular complexity index is 463. The molecule has 2 fully saturated rings. The standard InChI is InChI=1S/C18H26O/c1-13-4-7-15(8-5-13)18(19)11-10-17(3)14(2)6-9-16(17)12-18/h4-5,7-8,14,16,19H,6,9-12H2,1-3H3. The maximum atomic E-state index is 11.1. The summed E-state index contributed by atoms with van der Waals surface area (Å²) in [6.45, 7) is 6.95. The third kappa shape index (κ3) is 2.03. The molecule has 0 heterocycles. The summed E-state index contributed by atoms with van der Waals surface area (Å²) in [6.07, 6.45) is 5.69. The van der Waals surface area contributed by atoms with Crippen molar-refractivity contribution in [2.45, 2.75) is 58.5 Å². The molecule has 1 nitrogen and oxygen atoms in total. The average molecular weight is 258 g/mol. The van der Waals surface area contributed by atoms with Crippen molar-refractivity contribution < 1.29 is 5.11 Å². The molecule has 0 aromatic heterocycles. The number of hydrogen-bond acceptors (Lipinski definition) is 1. The summed E-state index contributed by atoms with van der Waals surface area (Å²) in [5.41, 5.74) is 2.28. The van der Waals surface area contributed by atoms with E-state index in [2.05, 4.69) is 45.0 Å². The van der Waals surface area contributed by atoms with Crippen LogP contribution in [0.15, 0.2) is 24.3 Å². The zero-order valence-electron chi connectivity index (χ0n) is 12.4. The second kappa shape index (κ2) is 4.34. The van der Waals surface area contributed by atoms with E-state index in [1.54, 1.807) is 0 Å². The van der Waals surface area contributed by atoms with Gasteiger partial charge in [-0.3, -0.25) is 0 Å². The summed E-state index contributed by atoms with van der Waals surface area (Å²) < 4.78 is 0. The molecule has 0 saturated heterocycles. The highest BCUT2D eigenvalue weighted by Crippen LogP contribution is 2.59. The van der Waals surface area contributed by atoms with E-state index < -0.39 is 5.60 Å². The molecule has 1 aromatic carbocycles. The molecule has 0 radical (unpaired) electrons.